The molecule has 2 aliphatic heterocycles. The quantitative estimate of drug-likeness (QED) is 0.295. The highest BCUT2D eigenvalue weighted by molar-refractivity contribution is 5.49. The monoisotopic (exact) mass is 548 g/mol. The molecule has 0 bridgehead atoms. The lowest BCUT2D eigenvalue weighted by Gasteiger charge is -2.46. The zero-order valence-electron chi connectivity index (χ0n) is 23.7. The SMILES string of the molecule is Cc1cccc(C)c1-n1nnnc1C(Cc1ccccc1)(C1=COCO1)N1CCN(CC=Cc2ccccc2)CC1. The molecule has 0 spiro atoms. The van der Waals surface area contributed by atoms with Crippen LogP contribution in [-0.4, -0.2) is 69.5 Å². The highest BCUT2D eigenvalue weighted by Gasteiger charge is 2.50. The smallest absolute Gasteiger partial charge is 0.229 e. The number of aryl methyl sites for hydroxylation is 2. The van der Waals surface area contributed by atoms with Crippen molar-refractivity contribution in [1.82, 2.24) is 30.0 Å². The van der Waals surface area contributed by atoms with Crippen LogP contribution in [-0.2, 0) is 21.4 Å². The van der Waals surface area contributed by atoms with Crippen molar-refractivity contribution in [3.8, 4) is 5.69 Å². The third kappa shape index (κ3) is 5.53. The normalized spacial score (nSPS) is 17.7. The maximum absolute atomic E-state index is 6.22. The van der Waals surface area contributed by atoms with Crippen LogP contribution < -0.4 is 0 Å². The maximum atomic E-state index is 6.22. The number of ether oxygens (including phenoxy) is 2. The lowest BCUT2D eigenvalue weighted by molar-refractivity contribution is -0.00484. The molecule has 8 heteroatoms. The van der Waals surface area contributed by atoms with E-state index in [1.165, 1.54) is 11.1 Å². The summed E-state index contributed by atoms with van der Waals surface area (Å²) in [6.45, 7) is 8.76. The van der Waals surface area contributed by atoms with Crippen molar-refractivity contribution in [3.63, 3.8) is 0 Å². The van der Waals surface area contributed by atoms with Crippen molar-refractivity contribution < 1.29 is 9.47 Å². The molecule has 0 radical (unpaired) electrons. The number of tetrazole rings is 1. The largest absolute Gasteiger partial charge is 0.462 e. The van der Waals surface area contributed by atoms with E-state index < -0.39 is 5.54 Å². The molecule has 0 aliphatic carbocycles. The average molecular weight is 549 g/mol. The van der Waals surface area contributed by atoms with Gasteiger partial charge in [0.2, 0.25) is 6.79 Å². The van der Waals surface area contributed by atoms with Crippen LogP contribution in [0.1, 0.15) is 28.1 Å². The Labute approximate surface area is 241 Å². The molecular weight excluding hydrogens is 512 g/mol. The summed E-state index contributed by atoms with van der Waals surface area (Å²) in [5, 5.41) is 13.5. The van der Waals surface area contributed by atoms with E-state index in [0.717, 1.165) is 61.1 Å². The molecule has 0 N–H and O–H groups in total. The van der Waals surface area contributed by atoms with Gasteiger partial charge in [0.1, 0.15) is 11.8 Å². The van der Waals surface area contributed by atoms with Gasteiger partial charge in [0.25, 0.3) is 0 Å². The van der Waals surface area contributed by atoms with E-state index in [-0.39, 0.29) is 6.79 Å². The zero-order valence-corrected chi connectivity index (χ0v) is 23.7. The molecule has 3 aromatic carbocycles. The molecule has 1 unspecified atom stereocenters. The Morgan fingerprint density at radius 2 is 1.56 bits per heavy atom. The second kappa shape index (κ2) is 12.1. The van der Waals surface area contributed by atoms with E-state index in [2.05, 4.69) is 113 Å². The lowest BCUT2D eigenvalue weighted by Crippen LogP contribution is -2.58. The first kappa shape index (κ1) is 26.9. The van der Waals surface area contributed by atoms with Gasteiger partial charge in [-0.15, -0.1) is 5.10 Å². The second-order valence-corrected chi connectivity index (χ2v) is 10.7. The van der Waals surface area contributed by atoms with Crippen LogP contribution >= 0.6 is 0 Å². The standard InChI is InChI=1S/C33H36N6O2/c1-26-11-9-12-27(2)31(26)39-32(34-35-36-39)33(30-24-40-25-41-30,23-29-15-7-4-8-16-29)38-21-19-37(20-22-38)18-10-17-28-13-5-3-6-14-28/h3-17,24H,18-23,25H2,1-2H3. The Hall–Kier alpha value is -4.27. The van der Waals surface area contributed by atoms with Gasteiger partial charge in [0.15, 0.2) is 11.6 Å². The topological polar surface area (TPSA) is 68.5 Å². The van der Waals surface area contributed by atoms with Gasteiger partial charge < -0.3 is 9.47 Å². The van der Waals surface area contributed by atoms with Crippen LogP contribution in [0.5, 0.6) is 0 Å². The average Bonchev–Trinajstić information content (AvgIpc) is 3.72. The van der Waals surface area contributed by atoms with Crippen LogP contribution in [0.15, 0.2) is 97.0 Å². The summed E-state index contributed by atoms with van der Waals surface area (Å²) in [6.07, 6.45) is 6.84. The molecule has 4 aromatic rings. The summed E-state index contributed by atoms with van der Waals surface area (Å²) in [5.74, 6) is 1.47. The second-order valence-electron chi connectivity index (χ2n) is 10.7. The van der Waals surface area contributed by atoms with Crippen LogP contribution in [0.25, 0.3) is 11.8 Å². The number of aromatic nitrogens is 4. The number of hydrogen-bond donors (Lipinski definition) is 0. The molecule has 1 atom stereocenters. The molecule has 0 saturated carbocycles. The van der Waals surface area contributed by atoms with Gasteiger partial charge in [-0.25, -0.2) is 0 Å². The van der Waals surface area contributed by atoms with Crippen molar-refractivity contribution in [2.45, 2.75) is 25.8 Å². The minimum absolute atomic E-state index is 0.182. The maximum Gasteiger partial charge on any atom is 0.229 e. The van der Waals surface area contributed by atoms with Gasteiger partial charge in [0, 0.05) is 39.1 Å². The van der Waals surface area contributed by atoms with E-state index in [1.54, 1.807) is 6.26 Å². The van der Waals surface area contributed by atoms with Crippen molar-refractivity contribution >= 4 is 6.08 Å². The van der Waals surface area contributed by atoms with Crippen molar-refractivity contribution in [2.75, 3.05) is 39.5 Å². The third-order valence-corrected chi connectivity index (χ3v) is 8.06. The van der Waals surface area contributed by atoms with Gasteiger partial charge in [-0.1, -0.05) is 91.0 Å². The van der Waals surface area contributed by atoms with Gasteiger partial charge >= 0.3 is 0 Å². The van der Waals surface area contributed by atoms with Crippen molar-refractivity contribution in [3.05, 3.63) is 125 Å². The summed E-state index contributed by atoms with van der Waals surface area (Å²) in [4.78, 5) is 4.96. The first-order chi connectivity index (χ1) is 20.1. The fourth-order valence-electron chi connectivity index (χ4n) is 5.98. The lowest BCUT2D eigenvalue weighted by atomic mass is 9.85. The highest BCUT2D eigenvalue weighted by atomic mass is 16.7. The molecule has 210 valence electrons. The Morgan fingerprint density at radius 3 is 2.24 bits per heavy atom. The Kier molecular flexibility index (Phi) is 7.93. The summed E-state index contributed by atoms with van der Waals surface area (Å²) < 4.78 is 13.8. The first-order valence-electron chi connectivity index (χ1n) is 14.2. The zero-order chi connectivity index (χ0) is 28.1. The Balaban J connectivity index is 1.37. The fourth-order valence-corrected chi connectivity index (χ4v) is 5.98. The van der Waals surface area contributed by atoms with Crippen molar-refractivity contribution in [1.29, 1.82) is 0 Å². The molecule has 8 nitrogen and oxygen atoms in total. The minimum atomic E-state index is -0.762. The van der Waals surface area contributed by atoms with E-state index in [1.807, 2.05) is 16.8 Å². The van der Waals surface area contributed by atoms with Crippen LogP contribution in [0.3, 0.4) is 0 Å². The minimum Gasteiger partial charge on any atom is -0.462 e. The van der Waals surface area contributed by atoms with Gasteiger partial charge in [-0.2, -0.15) is 4.68 Å². The number of piperazine rings is 1. The molecule has 3 heterocycles. The van der Waals surface area contributed by atoms with Gasteiger partial charge in [-0.05, 0) is 46.5 Å². The van der Waals surface area contributed by atoms with E-state index in [0.29, 0.717) is 6.42 Å². The molecule has 1 aromatic heterocycles. The number of rotatable bonds is 9. The Morgan fingerprint density at radius 1 is 0.854 bits per heavy atom. The third-order valence-electron chi connectivity index (χ3n) is 8.06. The van der Waals surface area contributed by atoms with Gasteiger partial charge in [-0.3, -0.25) is 9.80 Å². The Bertz CT molecular complexity index is 1490. The predicted molar refractivity (Wildman–Crippen MR) is 159 cm³/mol. The summed E-state index contributed by atoms with van der Waals surface area (Å²) in [5.41, 5.74) is 4.85. The van der Waals surface area contributed by atoms with Crippen LogP contribution in [0.4, 0.5) is 0 Å². The van der Waals surface area contributed by atoms with Crippen molar-refractivity contribution in [2.24, 2.45) is 0 Å². The molecular formula is C33H36N6O2. The predicted octanol–water partition coefficient (Wildman–Crippen LogP) is 4.89. The first-order valence-corrected chi connectivity index (χ1v) is 14.2. The van der Waals surface area contributed by atoms with E-state index in [9.17, 15) is 0 Å². The van der Waals surface area contributed by atoms with Crippen LogP contribution in [0, 0.1) is 13.8 Å². The van der Waals surface area contributed by atoms with Gasteiger partial charge in [0.05, 0.1) is 5.69 Å². The summed E-state index contributed by atoms with van der Waals surface area (Å²) in [7, 11) is 0. The molecule has 2 aliphatic rings. The number of nitrogens with zero attached hydrogens (tertiary/aromatic N) is 6. The van der Waals surface area contributed by atoms with E-state index >= 15 is 0 Å². The number of para-hydroxylation sites is 1. The molecule has 1 saturated heterocycles. The van der Waals surface area contributed by atoms with Crippen LogP contribution in [0.2, 0.25) is 0 Å². The number of benzene rings is 3. The van der Waals surface area contributed by atoms with E-state index in [4.69, 9.17) is 14.6 Å². The summed E-state index contributed by atoms with van der Waals surface area (Å²) in [6, 6.07) is 27.2. The number of hydrogen-bond acceptors (Lipinski definition) is 7. The fraction of sp³-hybridized carbons (Fsp3) is 0.303. The highest BCUT2D eigenvalue weighted by Crippen LogP contribution is 2.42. The molecule has 41 heavy (non-hydrogen) atoms. The summed E-state index contributed by atoms with van der Waals surface area (Å²) >= 11 is 0. The molecule has 1 fully saturated rings. The molecule has 6 rings (SSSR count). The molecule has 0 amide bonds.